The number of hydrogen-bond donors (Lipinski definition) is 0. The fourth-order valence-electron chi connectivity index (χ4n) is 11.1. The predicted molar refractivity (Wildman–Crippen MR) is 266 cm³/mol. The van der Waals surface area contributed by atoms with Crippen LogP contribution in [0.1, 0.15) is 47.2 Å². The highest BCUT2D eigenvalue weighted by atomic mass is 16.3. The zero-order chi connectivity index (χ0) is 43.3. The van der Waals surface area contributed by atoms with Crippen molar-refractivity contribution in [3.63, 3.8) is 0 Å². The van der Waals surface area contributed by atoms with Gasteiger partial charge in [0.1, 0.15) is 11.2 Å². The molecule has 3 nitrogen and oxygen atoms in total. The van der Waals surface area contributed by atoms with Crippen molar-refractivity contribution in [2.75, 3.05) is 0 Å². The van der Waals surface area contributed by atoms with Crippen molar-refractivity contribution >= 4 is 21.9 Å². The molecule has 9 aromatic carbocycles. The van der Waals surface area contributed by atoms with Gasteiger partial charge < -0.3 is 4.42 Å². The maximum Gasteiger partial charge on any atom is 0.160 e. The molecule has 0 saturated heterocycles. The van der Waals surface area contributed by atoms with Crippen LogP contribution >= 0.6 is 0 Å². The highest BCUT2D eigenvalue weighted by Gasteiger charge is 2.53. The molecule has 2 aliphatic rings. The molecule has 2 heterocycles. The second-order valence-corrected chi connectivity index (χ2v) is 18.0. The summed E-state index contributed by atoms with van der Waals surface area (Å²) >= 11 is 0. The number of aromatic nitrogens is 2. The largest absolute Gasteiger partial charge is 0.455 e. The zero-order valence-corrected chi connectivity index (χ0v) is 36.1. The molecule has 0 bridgehead atoms. The summed E-state index contributed by atoms with van der Waals surface area (Å²) < 4.78 is 6.83. The summed E-state index contributed by atoms with van der Waals surface area (Å²) in [5, 5.41) is 2.12. The minimum atomic E-state index is -0.453. The van der Waals surface area contributed by atoms with Gasteiger partial charge in [-0.2, -0.15) is 0 Å². The van der Waals surface area contributed by atoms with E-state index >= 15 is 0 Å². The fourth-order valence-corrected chi connectivity index (χ4v) is 11.1. The third kappa shape index (κ3) is 5.55. The molecule has 0 unspecified atom stereocenters. The van der Waals surface area contributed by atoms with E-state index in [0.717, 1.165) is 61.1 Å². The molecule has 11 aromatic rings. The second kappa shape index (κ2) is 14.2. The number of rotatable bonds is 5. The summed E-state index contributed by atoms with van der Waals surface area (Å²) in [4.78, 5) is 10.3. The number of furan rings is 1. The Balaban J connectivity index is 0.957. The van der Waals surface area contributed by atoms with Crippen LogP contribution in [-0.4, -0.2) is 9.97 Å². The van der Waals surface area contributed by atoms with Crippen LogP contribution in [0.25, 0.3) is 89.2 Å². The van der Waals surface area contributed by atoms with Crippen molar-refractivity contribution in [3.8, 4) is 67.3 Å². The SMILES string of the molecule is CC1(C)c2ccccc2C2(c3ccccc3-c3ccc(-c4ccc5oc6c(-c7cc(-c8ccc(-c9ccccc9)cc8)nc(-c8ccccc8)n7)cccc6c5c4)cc32)c2ccccc21. The number of hydrogen-bond acceptors (Lipinski definition) is 3. The molecule has 0 saturated carbocycles. The predicted octanol–water partition coefficient (Wildman–Crippen LogP) is 15.7. The van der Waals surface area contributed by atoms with E-state index in [9.17, 15) is 0 Å². The molecular formula is C62H42N2O. The Labute approximate surface area is 378 Å². The molecule has 0 radical (unpaired) electrons. The summed E-state index contributed by atoms with van der Waals surface area (Å²) in [7, 11) is 0. The monoisotopic (exact) mass is 830 g/mol. The zero-order valence-electron chi connectivity index (χ0n) is 36.1. The highest BCUT2D eigenvalue weighted by molar-refractivity contribution is 6.10. The molecule has 3 heteroatoms. The van der Waals surface area contributed by atoms with Crippen molar-refractivity contribution in [2.45, 2.75) is 24.7 Å². The first-order valence-electron chi connectivity index (χ1n) is 22.5. The molecule has 2 aliphatic carbocycles. The molecule has 65 heavy (non-hydrogen) atoms. The van der Waals surface area contributed by atoms with Crippen LogP contribution in [0, 0.1) is 0 Å². The summed E-state index contributed by atoms with van der Waals surface area (Å²) in [6.07, 6.45) is 0. The smallest absolute Gasteiger partial charge is 0.160 e. The van der Waals surface area contributed by atoms with Crippen LogP contribution in [-0.2, 0) is 10.8 Å². The molecule has 0 fully saturated rings. The standard InChI is InChI=1S/C62H42N2O/c1-61(2)51-24-11-13-26-53(51)62(54-27-14-12-25-52(54)61)50-23-10-9-20-45(50)46-34-32-44(37-55(46)62)43-33-35-58-49(36-43)47-21-15-22-48(59(47)65-58)57-38-56(63-60(64-57)42-18-7-4-8-19-42)41-30-28-40(29-31-41)39-16-5-3-6-17-39/h3-38H,1-2H3. The molecule has 0 N–H and O–H groups in total. The first kappa shape index (κ1) is 37.4. The van der Waals surface area contributed by atoms with Gasteiger partial charge in [-0.3, -0.25) is 0 Å². The minimum absolute atomic E-state index is 0.148. The summed E-state index contributed by atoms with van der Waals surface area (Å²) in [6, 6.07) is 78.9. The van der Waals surface area contributed by atoms with Crippen LogP contribution in [0.3, 0.4) is 0 Å². The van der Waals surface area contributed by atoms with Crippen LogP contribution in [0.15, 0.2) is 223 Å². The van der Waals surface area contributed by atoms with Gasteiger partial charge in [0.15, 0.2) is 5.82 Å². The molecule has 306 valence electrons. The third-order valence-corrected chi connectivity index (χ3v) is 14.2. The Kier molecular flexibility index (Phi) is 8.17. The molecule has 0 atom stereocenters. The Morgan fingerprint density at radius 3 is 1.58 bits per heavy atom. The van der Waals surface area contributed by atoms with Gasteiger partial charge >= 0.3 is 0 Å². The second-order valence-electron chi connectivity index (χ2n) is 18.0. The maximum atomic E-state index is 6.83. The Bertz CT molecular complexity index is 3630. The van der Waals surface area contributed by atoms with E-state index in [-0.39, 0.29) is 5.41 Å². The van der Waals surface area contributed by atoms with Gasteiger partial charge in [-0.05, 0) is 97.1 Å². The van der Waals surface area contributed by atoms with E-state index in [4.69, 9.17) is 14.4 Å². The summed E-state index contributed by atoms with van der Waals surface area (Å²) in [5.74, 6) is 0.670. The van der Waals surface area contributed by atoms with Crippen molar-refractivity contribution in [1.29, 1.82) is 0 Å². The van der Waals surface area contributed by atoms with Gasteiger partial charge in [-0.1, -0.05) is 202 Å². The van der Waals surface area contributed by atoms with Gasteiger partial charge in [0, 0.05) is 32.9 Å². The van der Waals surface area contributed by atoms with Crippen LogP contribution in [0.4, 0.5) is 0 Å². The maximum absolute atomic E-state index is 6.83. The van der Waals surface area contributed by atoms with Gasteiger partial charge in [-0.25, -0.2) is 9.97 Å². The van der Waals surface area contributed by atoms with Crippen molar-refractivity contribution in [2.24, 2.45) is 0 Å². The van der Waals surface area contributed by atoms with E-state index in [1.807, 2.05) is 24.3 Å². The summed E-state index contributed by atoms with van der Waals surface area (Å²) in [6.45, 7) is 4.75. The summed E-state index contributed by atoms with van der Waals surface area (Å²) in [5.41, 5.74) is 21.0. The Hall–Kier alpha value is -8.14. The first-order chi connectivity index (χ1) is 32.0. The fraction of sp³-hybridized carbons (Fsp3) is 0.0645. The van der Waals surface area contributed by atoms with E-state index in [0.29, 0.717) is 5.82 Å². The highest BCUT2D eigenvalue weighted by Crippen LogP contribution is 2.62. The molecule has 0 amide bonds. The van der Waals surface area contributed by atoms with E-state index in [2.05, 4.69) is 208 Å². The van der Waals surface area contributed by atoms with Gasteiger partial charge in [0.05, 0.1) is 16.8 Å². The van der Waals surface area contributed by atoms with Crippen molar-refractivity contribution in [3.05, 3.63) is 252 Å². The number of para-hydroxylation sites is 1. The molecule has 13 rings (SSSR count). The van der Waals surface area contributed by atoms with Crippen molar-refractivity contribution in [1.82, 2.24) is 9.97 Å². The van der Waals surface area contributed by atoms with Gasteiger partial charge in [-0.15, -0.1) is 0 Å². The van der Waals surface area contributed by atoms with Gasteiger partial charge in [0.2, 0.25) is 0 Å². The van der Waals surface area contributed by atoms with Crippen molar-refractivity contribution < 1.29 is 4.42 Å². The van der Waals surface area contributed by atoms with E-state index in [1.54, 1.807) is 0 Å². The quantitative estimate of drug-likeness (QED) is 0.173. The van der Waals surface area contributed by atoms with E-state index < -0.39 is 5.41 Å². The number of nitrogens with zero attached hydrogens (tertiary/aromatic N) is 2. The normalized spacial score (nSPS) is 13.9. The lowest BCUT2D eigenvalue weighted by atomic mass is 9.55. The number of benzene rings is 9. The topological polar surface area (TPSA) is 38.9 Å². The third-order valence-electron chi connectivity index (χ3n) is 14.2. The Morgan fingerprint density at radius 1 is 0.338 bits per heavy atom. The number of fused-ring (bicyclic) bond motifs is 12. The van der Waals surface area contributed by atoms with Crippen LogP contribution < -0.4 is 0 Å². The average molecular weight is 831 g/mol. The first-order valence-corrected chi connectivity index (χ1v) is 22.5. The molecule has 2 aromatic heterocycles. The average Bonchev–Trinajstić information content (AvgIpc) is 3.89. The van der Waals surface area contributed by atoms with Gasteiger partial charge in [0.25, 0.3) is 0 Å². The van der Waals surface area contributed by atoms with Crippen LogP contribution in [0.2, 0.25) is 0 Å². The lowest BCUT2D eigenvalue weighted by molar-refractivity contribution is 0.563. The minimum Gasteiger partial charge on any atom is -0.455 e. The lowest BCUT2D eigenvalue weighted by Gasteiger charge is -2.46. The lowest BCUT2D eigenvalue weighted by Crippen LogP contribution is -2.40. The molecular weight excluding hydrogens is 789 g/mol. The van der Waals surface area contributed by atoms with Crippen LogP contribution in [0.5, 0.6) is 0 Å². The molecule has 0 aliphatic heterocycles. The Morgan fingerprint density at radius 2 is 0.862 bits per heavy atom. The molecule has 1 spiro atoms. The van der Waals surface area contributed by atoms with E-state index in [1.165, 1.54) is 55.6 Å².